The summed E-state index contributed by atoms with van der Waals surface area (Å²) in [5.41, 5.74) is 1.38. The Morgan fingerprint density at radius 2 is 1.58 bits per heavy atom. The van der Waals surface area contributed by atoms with Crippen LogP contribution in [-0.2, 0) is 0 Å². The van der Waals surface area contributed by atoms with Crippen LogP contribution in [0.15, 0.2) is 0 Å². The molecule has 0 aromatic carbocycles. The average Bonchev–Trinajstić information content (AvgIpc) is 2.93. The SMILES string of the molecule is C.CCCC(C)C1CCC2C3CCC4CC(C)CCC4(C)C3CCC12C. The van der Waals surface area contributed by atoms with E-state index in [1.165, 1.54) is 25.7 Å². The van der Waals surface area contributed by atoms with Crippen LogP contribution in [0.3, 0.4) is 0 Å². The Hall–Kier alpha value is 0. The van der Waals surface area contributed by atoms with E-state index in [9.17, 15) is 0 Å². The summed E-state index contributed by atoms with van der Waals surface area (Å²) in [6, 6.07) is 0. The molecule has 152 valence electrons. The van der Waals surface area contributed by atoms with Gasteiger partial charge in [-0.3, -0.25) is 0 Å². The van der Waals surface area contributed by atoms with Gasteiger partial charge in [0.2, 0.25) is 0 Å². The summed E-state index contributed by atoms with van der Waals surface area (Å²) in [6.07, 6.45) is 16.8. The lowest BCUT2D eigenvalue weighted by molar-refractivity contribution is -0.120. The van der Waals surface area contributed by atoms with Gasteiger partial charge in [-0.2, -0.15) is 0 Å². The molecule has 0 bridgehead atoms. The highest BCUT2D eigenvalue weighted by atomic mass is 14.6. The maximum Gasteiger partial charge on any atom is -0.0264 e. The largest absolute Gasteiger partial charge is 0.0776 e. The standard InChI is InChI=1S/C25H44.CH4/c1-6-7-18(3)21-10-11-22-20-9-8-19-16-17(2)12-14-24(19,4)23(20)13-15-25(21,22)5;/h17-23H,6-16H2,1-5H3;1H4. The summed E-state index contributed by atoms with van der Waals surface area (Å²) in [4.78, 5) is 0. The molecule has 0 aromatic rings. The summed E-state index contributed by atoms with van der Waals surface area (Å²) in [5.74, 6) is 7.23. The molecule has 4 aliphatic rings. The fourth-order valence-electron chi connectivity index (χ4n) is 9.10. The molecule has 0 heteroatoms. The Morgan fingerprint density at radius 1 is 0.885 bits per heavy atom. The van der Waals surface area contributed by atoms with Gasteiger partial charge < -0.3 is 0 Å². The molecule has 0 radical (unpaired) electrons. The van der Waals surface area contributed by atoms with E-state index in [-0.39, 0.29) is 7.43 Å². The van der Waals surface area contributed by atoms with Crippen molar-refractivity contribution in [3.63, 3.8) is 0 Å². The van der Waals surface area contributed by atoms with Crippen molar-refractivity contribution >= 4 is 0 Å². The van der Waals surface area contributed by atoms with Gasteiger partial charge in [-0.05, 0) is 104 Å². The van der Waals surface area contributed by atoms with Crippen molar-refractivity contribution in [1.82, 2.24) is 0 Å². The van der Waals surface area contributed by atoms with Crippen molar-refractivity contribution in [3.8, 4) is 0 Å². The molecular weight excluding hydrogens is 312 g/mol. The van der Waals surface area contributed by atoms with Crippen LogP contribution in [0.1, 0.15) is 113 Å². The molecule has 26 heavy (non-hydrogen) atoms. The van der Waals surface area contributed by atoms with Gasteiger partial charge in [0.15, 0.2) is 0 Å². The maximum atomic E-state index is 2.73. The summed E-state index contributed by atoms with van der Waals surface area (Å²) >= 11 is 0. The normalized spacial score (nSPS) is 51.6. The van der Waals surface area contributed by atoms with Crippen LogP contribution in [-0.4, -0.2) is 0 Å². The van der Waals surface area contributed by atoms with Crippen LogP contribution in [0.2, 0.25) is 0 Å². The number of hydrogen-bond donors (Lipinski definition) is 0. The first kappa shape index (κ1) is 20.7. The van der Waals surface area contributed by atoms with Gasteiger partial charge in [0.1, 0.15) is 0 Å². The number of fused-ring (bicyclic) bond motifs is 5. The third kappa shape index (κ3) is 3.00. The van der Waals surface area contributed by atoms with Crippen molar-refractivity contribution in [1.29, 1.82) is 0 Å². The first-order valence-corrected chi connectivity index (χ1v) is 11.9. The molecule has 0 amide bonds. The molecule has 0 nitrogen and oxygen atoms in total. The van der Waals surface area contributed by atoms with Gasteiger partial charge in [-0.25, -0.2) is 0 Å². The van der Waals surface area contributed by atoms with Gasteiger partial charge in [0.05, 0.1) is 0 Å². The lowest BCUT2D eigenvalue weighted by Gasteiger charge is -2.61. The smallest absolute Gasteiger partial charge is 0.0264 e. The van der Waals surface area contributed by atoms with Crippen molar-refractivity contribution in [2.45, 2.75) is 113 Å². The van der Waals surface area contributed by atoms with Crippen molar-refractivity contribution in [3.05, 3.63) is 0 Å². The van der Waals surface area contributed by atoms with Crippen LogP contribution >= 0.6 is 0 Å². The van der Waals surface area contributed by atoms with E-state index >= 15 is 0 Å². The fourth-order valence-corrected chi connectivity index (χ4v) is 9.10. The van der Waals surface area contributed by atoms with Crippen LogP contribution in [0, 0.1) is 52.3 Å². The van der Waals surface area contributed by atoms with E-state index < -0.39 is 0 Å². The molecule has 0 heterocycles. The van der Waals surface area contributed by atoms with Crippen LogP contribution < -0.4 is 0 Å². The third-order valence-electron chi connectivity index (χ3n) is 10.4. The highest BCUT2D eigenvalue weighted by molar-refractivity contribution is 5.09. The molecule has 0 aromatic heterocycles. The highest BCUT2D eigenvalue weighted by Crippen LogP contribution is 2.68. The lowest BCUT2D eigenvalue weighted by atomic mass is 9.44. The van der Waals surface area contributed by atoms with Gasteiger partial charge >= 0.3 is 0 Å². The van der Waals surface area contributed by atoms with Gasteiger partial charge in [0, 0.05) is 0 Å². The van der Waals surface area contributed by atoms with Gasteiger partial charge in [0.25, 0.3) is 0 Å². The topological polar surface area (TPSA) is 0 Å². The maximum absolute atomic E-state index is 2.73. The zero-order valence-corrected chi connectivity index (χ0v) is 17.8. The Kier molecular flexibility index (Phi) is 5.93. The van der Waals surface area contributed by atoms with E-state index in [2.05, 4.69) is 34.6 Å². The molecule has 4 saturated carbocycles. The van der Waals surface area contributed by atoms with E-state index in [0.29, 0.717) is 10.8 Å². The summed E-state index contributed by atoms with van der Waals surface area (Å²) in [6.45, 7) is 12.9. The monoisotopic (exact) mass is 360 g/mol. The zero-order chi connectivity index (χ0) is 17.8. The van der Waals surface area contributed by atoms with E-state index in [0.717, 1.165) is 41.4 Å². The lowest BCUT2D eigenvalue weighted by Crippen LogP contribution is -2.53. The molecule has 0 spiro atoms. The highest BCUT2D eigenvalue weighted by Gasteiger charge is 2.60. The van der Waals surface area contributed by atoms with E-state index in [1.807, 2.05) is 0 Å². The molecular formula is C26H48. The molecule has 0 aliphatic heterocycles. The molecule has 4 rings (SSSR count). The quantitative estimate of drug-likeness (QED) is 0.474. The molecule has 9 atom stereocenters. The average molecular weight is 361 g/mol. The number of hydrogen-bond acceptors (Lipinski definition) is 0. The summed E-state index contributed by atoms with van der Waals surface area (Å²) < 4.78 is 0. The van der Waals surface area contributed by atoms with Crippen LogP contribution in [0.4, 0.5) is 0 Å². The molecule has 4 fully saturated rings. The molecule has 0 saturated heterocycles. The predicted molar refractivity (Wildman–Crippen MR) is 115 cm³/mol. The minimum atomic E-state index is 0. The molecule has 4 aliphatic carbocycles. The van der Waals surface area contributed by atoms with Gasteiger partial charge in [-0.15, -0.1) is 0 Å². The van der Waals surface area contributed by atoms with Crippen molar-refractivity contribution in [2.75, 3.05) is 0 Å². The first-order valence-electron chi connectivity index (χ1n) is 11.9. The second-order valence-corrected chi connectivity index (χ2v) is 11.5. The molecule has 9 unspecified atom stereocenters. The fraction of sp³-hybridized carbons (Fsp3) is 1.00. The zero-order valence-electron chi connectivity index (χ0n) is 17.8. The first-order chi connectivity index (χ1) is 11.9. The minimum Gasteiger partial charge on any atom is -0.0776 e. The predicted octanol–water partition coefficient (Wildman–Crippen LogP) is 8.35. The Morgan fingerprint density at radius 3 is 2.31 bits per heavy atom. The number of rotatable bonds is 3. The Bertz CT molecular complexity index is 480. The van der Waals surface area contributed by atoms with E-state index in [1.54, 1.807) is 44.9 Å². The second-order valence-electron chi connectivity index (χ2n) is 11.5. The van der Waals surface area contributed by atoms with Crippen molar-refractivity contribution < 1.29 is 0 Å². The van der Waals surface area contributed by atoms with Crippen LogP contribution in [0.25, 0.3) is 0 Å². The summed E-state index contributed by atoms with van der Waals surface area (Å²) in [5, 5.41) is 0. The van der Waals surface area contributed by atoms with Crippen LogP contribution in [0.5, 0.6) is 0 Å². The van der Waals surface area contributed by atoms with E-state index in [4.69, 9.17) is 0 Å². The van der Waals surface area contributed by atoms with Crippen molar-refractivity contribution in [2.24, 2.45) is 52.3 Å². The minimum absolute atomic E-state index is 0. The van der Waals surface area contributed by atoms with Gasteiger partial charge in [-0.1, -0.05) is 61.3 Å². The third-order valence-corrected chi connectivity index (χ3v) is 10.4. The second kappa shape index (κ2) is 7.44. The Balaban J connectivity index is 0.00000196. The molecule has 0 N–H and O–H groups in total. The summed E-state index contributed by atoms with van der Waals surface area (Å²) in [7, 11) is 0. The Labute approximate surface area is 165 Å².